The lowest BCUT2D eigenvalue weighted by Crippen LogP contribution is -2.38. The Morgan fingerprint density at radius 2 is 0.974 bits per heavy atom. The van der Waals surface area contributed by atoms with Gasteiger partial charge in [0, 0.05) is 36.8 Å². The fourth-order valence-electron chi connectivity index (χ4n) is 3.66. The summed E-state index contributed by atoms with van der Waals surface area (Å²) in [6, 6.07) is 26.3. The lowest BCUT2D eigenvalue weighted by molar-refractivity contribution is 0.0895. The van der Waals surface area contributed by atoms with Crippen LogP contribution in [-0.2, 0) is 0 Å². The second-order valence-electron chi connectivity index (χ2n) is 8.09. The predicted octanol–water partition coefficient (Wildman–Crippen LogP) is 8.04. The molecular formula is C28H16Cl4N4O2. The van der Waals surface area contributed by atoms with Crippen molar-refractivity contribution in [2.75, 3.05) is 4.90 Å². The molecule has 0 unspecified atom stereocenters. The van der Waals surface area contributed by atoms with Crippen LogP contribution in [0.3, 0.4) is 0 Å². The Morgan fingerprint density at radius 1 is 0.579 bits per heavy atom. The van der Waals surface area contributed by atoms with Crippen molar-refractivity contribution in [3.05, 3.63) is 128 Å². The number of imide groups is 1. The van der Waals surface area contributed by atoms with Gasteiger partial charge in [0.25, 0.3) is 17.8 Å². The molecule has 0 saturated heterocycles. The highest BCUT2D eigenvalue weighted by Crippen LogP contribution is 2.28. The molecule has 2 amide bonds. The van der Waals surface area contributed by atoms with E-state index in [1.807, 2.05) is 0 Å². The van der Waals surface area contributed by atoms with E-state index in [2.05, 4.69) is 10.1 Å². The van der Waals surface area contributed by atoms with Gasteiger partial charge in [-0.05, 0) is 97.1 Å². The average Bonchev–Trinajstić information content (AvgIpc) is 3.35. The van der Waals surface area contributed by atoms with Gasteiger partial charge in [0.1, 0.15) is 0 Å². The zero-order chi connectivity index (χ0) is 26.8. The topological polar surface area (TPSA) is 68.1 Å². The van der Waals surface area contributed by atoms with Crippen LogP contribution in [0.1, 0.15) is 20.7 Å². The molecule has 5 aromatic rings. The number of hydrogen-bond acceptors (Lipinski definition) is 4. The molecular weight excluding hydrogens is 566 g/mol. The van der Waals surface area contributed by atoms with Gasteiger partial charge in [0.05, 0.1) is 5.69 Å². The Morgan fingerprint density at radius 3 is 1.42 bits per heavy atom. The number of nitrogens with zero attached hydrogens (tertiary/aromatic N) is 4. The molecule has 0 N–H and O–H groups in total. The third-order valence-electron chi connectivity index (χ3n) is 5.56. The smallest absolute Gasteiger partial charge is 0.267 e. The standard InChI is InChI=1S/C28H16Cl4N4O2/c29-20-7-1-17(2-8-20)25-33-28(34-36(25)24-15-13-23(32)14-16-24)35(26(37)18-3-9-21(30)10-4-18)27(38)19-5-11-22(31)12-6-19/h1-16H. The van der Waals surface area contributed by atoms with Gasteiger partial charge in [0.2, 0.25) is 0 Å². The van der Waals surface area contributed by atoms with E-state index in [9.17, 15) is 9.59 Å². The van der Waals surface area contributed by atoms with E-state index in [-0.39, 0.29) is 17.1 Å². The highest BCUT2D eigenvalue weighted by molar-refractivity contribution is 6.32. The third-order valence-corrected chi connectivity index (χ3v) is 6.57. The first-order valence-corrected chi connectivity index (χ1v) is 12.7. The maximum atomic E-state index is 13.7. The van der Waals surface area contributed by atoms with E-state index in [1.165, 1.54) is 28.9 Å². The van der Waals surface area contributed by atoms with Crippen LogP contribution in [0.15, 0.2) is 97.1 Å². The van der Waals surface area contributed by atoms with Gasteiger partial charge in [-0.3, -0.25) is 9.59 Å². The van der Waals surface area contributed by atoms with Crippen molar-refractivity contribution in [2.45, 2.75) is 0 Å². The van der Waals surface area contributed by atoms with Gasteiger partial charge in [-0.25, -0.2) is 9.58 Å². The molecule has 1 heterocycles. The van der Waals surface area contributed by atoms with Crippen molar-refractivity contribution in [2.24, 2.45) is 0 Å². The van der Waals surface area contributed by atoms with E-state index in [0.29, 0.717) is 37.2 Å². The molecule has 0 radical (unpaired) electrons. The lowest BCUT2D eigenvalue weighted by atomic mass is 10.1. The first kappa shape index (κ1) is 25.9. The minimum absolute atomic E-state index is 0.121. The lowest BCUT2D eigenvalue weighted by Gasteiger charge is -2.17. The van der Waals surface area contributed by atoms with E-state index in [0.717, 1.165) is 4.90 Å². The third kappa shape index (κ3) is 5.44. The van der Waals surface area contributed by atoms with Crippen molar-refractivity contribution < 1.29 is 9.59 Å². The van der Waals surface area contributed by atoms with Crippen molar-refractivity contribution in [3.63, 3.8) is 0 Å². The summed E-state index contributed by atoms with van der Waals surface area (Å²) in [5, 5.41) is 6.59. The summed E-state index contributed by atoms with van der Waals surface area (Å²) in [7, 11) is 0. The number of rotatable bonds is 5. The van der Waals surface area contributed by atoms with Crippen molar-refractivity contribution in [1.29, 1.82) is 0 Å². The second-order valence-corrected chi connectivity index (χ2v) is 9.84. The molecule has 0 bridgehead atoms. The van der Waals surface area contributed by atoms with Crippen LogP contribution in [0.4, 0.5) is 5.95 Å². The molecule has 1 aromatic heterocycles. The zero-order valence-corrected chi connectivity index (χ0v) is 22.4. The van der Waals surface area contributed by atoms with Crippen LogP contribution >= 0.6 is 46.4 Å². The van der Waals surface area contributed by atoms with Crippen LogP contribution in [-0.4, -0.2) is 26.6 Å². The van der Waals surface area contributed by atoms with Gasteiger partial charge in [-0.2, -0.15) is 4.98 Å². The minimum atomic E-state index is -0.627. The molecule has 4 aromatic carbocycles. The molecule has 0 aliphatic rings. The Hall–Kier alpha value is -3.68. The first-order chi connectivity index (χ1) is 18.3. The summed E-state index contributed by atoms with van der Waals surface area (Å²) < 4.78 is 1.53. The second kappa shape index (κ2) is 11.0. The molecule has 0 spiro atoms. The molecule has 0 aliphatic carbocycles. The van der Waals surface area contributed by atoms with Crippen molar-refractivity contribution >= 4 is 64.2 Å². The van der Waals surface area contributed by atoms with Crippen molar-refractivity contribution in [3.8, 4) is 17.1 Å². The molecule has 0 aliphatic heterocycles. The van der Waals surface area contributed by atoms with Crippen LogP contribution < -0.4 is 4.90 Å². The van der Waals surface area contributed by atoms with Crippen LogP contribution in [0.5, 0.6) is 0 Å². The van der Waals surface area contributed by atoms with Gasteiger partial charge < -0.3 is 0 Å². The normalized spacial score (nSPS) is 10.8. The Bertz CT molecular complexity index is 1500. The van der Waals surface area contributed by atoms with Crippen LogP contribution in [0.2, 0.25) is 20.1 Å². The summed E-state index contributed by atoms with van der Waals surface area (Å²) in [6.45, 7) is 0. The molecule has 0 fully saturated rings. The van der Waals surface area contributed by atoms with E-state index in [4.69, 9.17) is 46.4 Å². The number of halogens is 4. The molecule has 0 atom stereocenters. The minimum Gasteiger partial charge on any atom is -0.268 e. The maximum absolute atomic E-state index is 13.7. The first-order valence-electron chi connectivity index (χ1n) is 11.2. The highest BCUT2D eigenvalue weighted by atomic mass is 35.5. The monoisotopic (exact) mass is 580 g/mol. The summed E-state index contributed by atoms with van der Waals surface area (Å²) in [5.74, 6) is -0.989. The predicted molar refractivity (Wildman–Crippen MR) is 151 cm³/mol. The van der Waals surface area contributed by atoms with Gasteiger partial charge in [0.15, 0.2) is 5.82 Å². The molecule has 0 saturated carbocycles. The molecule has 6 nitrogen and oxygen atoms in total. The van der Waals surface area contributed by atoms with Gasteiger partial charge in [-0.1, -0.05) is 46.4 Å². The Kier molecular flexibility index (Phi) is 7.49. The molecule has 38 heavy (non-hydrogen) atoms. The van der Waals surface area contributed by atoms with E-state index < -0.39 is 11.8 Å². The number of carbonyl (C=O) groups is 2. The number of aromatic nitrogens is 3. The SMILES string of the molecule is O=C(c1ccc(Cl)cc1)N(C(=O)c1ccc(Cl)cc1)c1nc(-c2ccc(Cl)cc2)n(-c2ccc(Cl)cc2)n1. The summed E-state index contributed by atoms with van der Waals surface area (Å²) in [4.78, 5) is 33.0. The molecule has 10 heteroatoms. The fourth-order valence-corrected chi connectivity index (χ4v) is 4.17. The fraction of sp³-hybridized carbons (Fsp3) is 0. The zero-order valence-electron chi connectivity index (χ0n) is 19.4. The number of amides is 2. The Labute approximate surface area is 238 Å². The van der Waals surface area contributed by atoms with Gasteiger partial charge in [-0.15, -0.1) is 5.10 Å². The molecule has 188 valence electrons. The van der Waals surface area contributed by atoms with Gasteiger partial charge >= 0.3 is 0 Å². The number of hydrogen-bond donors (Lipinski definition) is 0. The maximum Gasteiger partial charge on any atom is 0.267 e. The van der Waals surface area contributed by atoms with Crippen molar-refractivity contribution in [1.82, 2.24) is 14.8 Å². The Balaban J connectivity index is 1.69. The van der Waals surface area contributed by atoms with E-state index in [1.54, 1.807) is 72.8 Å². The summed E-state index contributed by atoms with van der Waals surface area (Å²) in [6.07, 6.45) is 0. The average molecular weight is 582 g/mol. The van der Waals surface area contributed by atoms with Crippen LogP contribution in [0, 0.1) is 0 Å². The van der Waals surface area contributed by atoms with Crippen LogP contribution in [0.25, 0.3) is 17.1 Å². The largest absolute Gasteiger partial charge is 0.268 e. The summed E-state index contributed by atoms with van der Waals surface area (Å²) >= 11 is 24.2. The molecule has 5 rings (SSSR count). The summed E-state index contributed by atoms with van der Waals surface area (Å²) in [5.41, 5.74) is 1.75. The number of benzene rings is 4. The van der Waals surface area contributed by atoms with E-state index >= 15 is 0 Å². The number of carbonyl (C=O) groups excluding carboxylic acids is 2. The number of anilines is 1. The highest BCUT2D eigenvalue weighted by Gasteiger charge is 2.31. The quantitative estimate of drug-likeness (QED) is 0.197.